The van der Waals surface area contributed by atoms with Crippen molar-refractivity contribution in [3.63, 3.8) is 0 Å². The van der Waals surface area contributed by atoms with Crippen LogP contribution in [0.2, 0.25) is 0 Å². The molecule has 98 valence electrons. The number of nitrogens with zero attached hydrogens (tertiary/aromatic N) is 4. The summed E-state index contributed by atoms with van der Waals surface area (Å²) in [7, 11) is 1.84. The van der Waals surface area contributed by atoms with Crippen LogP contribution in [0.5, 0.6) is 0 Å². The van der Waals surface area contributed by atoms with E-state index in [1.807, 2.05) is 7.05 Å². The first-order chi connectivity index (χ1) is 8.65. The molecule has 1 saturated heterocycles. The predicted octanol–water partition coefficient (Wildman–Crippen LogP) is 0.150. The second-order valence-electron chi connectivity index (χ2n) is 5.55. The van der Waals surface area contributed by atoms with Crippen LogP contribution in [0.25, 0.3) is 0 Å². The third kappa shape index (κ3) is 2.12. The zero-order valence-electron chi connectivity index (χ0n) is 10.8. The molecule has 2 unspecified atom stereocenters. The molecule has 2 heterocycles. The Bertz CT molecular complexity index is 453. The lowest BCUT2D eigenvalue weighted by atomic mass is 10.2. The molecule has 1 aromatic heterocycles. The SMILES string of the molecule is CC1CC1CN(C)C(=O)c1cn(C2CNC2)nn1. The molecule has 0 spiro atoms. The molecule has 1 saturated carbocycles. The van der Waals surface area contributed by atoms with Gasteiger partial charge in [-0.25, -0.2) is 4.68 Å². The lowest BCUT2D eigenvalue weighted by Crippen LogP contribution is -2.43. The van der Waals surface area contributed by atoms with Gasteiger partial charge in [-0.1, -0.05) is 12.1 Å². The number of rotatable bonds is 4. The minimum absolute atomic E-state index is 0.0207. The van der Waals surface area contributed by atoms with Crippen molar-refractivity contribution in [1.82, 2.24) is 25.2 Å². The van der Waals surface area contributed by atoms with Crippen LogP contribution in [-0.2, 0) is 0 Å². The standard InChI is InChI=1S/C12H19N5O/c1-8-3-9(8)6-16(2)12(18)11-7-17(15-14-11)10-4-13-5-10/h7-10,13H,3-6H2,1-2H3. The fourth-order valence-electron chi connectivity index (χ4n) is 2.30. The van der Waals surface area contributed by atoms with Crippen LogP contribution in [0.3, 0.4) is 0 Å². The van der Waals surface area contributed by atoms with E-state index in [0.29, 0.717) is 17.7 Å². The van der Waals surface area contributed by atoms with E-state index in [1.54, 1.807) is 15.8 Å². The first-order valence-corrected chi connectivity index (χ1v) is 6.53. The van der Waals surface area contributed by atoms with E-state index in [0.717, 1.165) is 25.6 Å². The molecular formula is C12H19N5O. The van der Waals surface area contributed by atoms with E-state index in [4.69, 9.17) is 0 Å². The normalized spacial score (nSPS) is 26.8. The van der Waals surface area contributed by atoms with Gasteiger partial charge in [-0.05, 0) is 18.3 Å². The molecule has 0 bridgehead atoms. The van der Waals surface area contributed by atoms with E-state index in [-0.39, 0.29) is 5.91 Å². The molecule has 1 aromatic rings. The maximum Gasteiger partial charge on any atom is 0.275 e. The topological polar surface area (TPSA) is 63.1 Å². The van der Waals surface area contributed by atoms with Crippen LogP contribution < -0.4 is 5.32 Å². The maximum atomic E-state index is 12.2. The molecule has 2 aliphatic rings. The van der Waals surface area contributed by atoms with Gasteiger partial charge in [0, 0.05) is 26.7 Å². The summed E-state index contributed by atoms with van der Waals surface area (Å²) in [4.78, 5) is 13.9. The molecular weight excluding hydrogens is 230 g/mol. The van der Waals surface area contributed by atoms with Crippen molar-refractivity contribution in [2.75, 3.05) is 26.7 Å². The molecule has 3 rings (SSSR count). The number of carbonyl (C=O) groups is 1. The van der Waals surface area contributed by atoms with Crippen molar-refractivity contribution in [2.45, 2.75) is 19.4 Å². The minimum Gasteiger partial charge on any atom is -0.340 e. The lowest BCUT2D eigenvalue weighted by molar-refractivity contribution is 0.0781. The Morgan fingerprint density at radius 1 is 1.61 bits per heavy atom. The Labute approximate surface area is 106 Å². The summed E-state index contributed by atoms with van der Waals surface area (Å²) in [5, 5.41) is 11.2. The van der Waals surface area contributed by atoms with Gasteiger partial charge in [0.1, 0.15) is 0 Å². The Balaban J connectivity index is 1.62. The largest absolute Gasteiger partial charge is 0.340 e. The van der Waals surface area contributed by atoms with Crippen LogP contribution >= 0.6 is 0 Å². The smallest absolute Gasteiger partial charge is 0.275 e. The van der Waals surface area contributed by atoms with Crippen molar-refractivity contribution in [2.24, 2.45) is 11.8 Å². The van der Waals surface area contributed by atoms with Gasteiger partial charge in [0.05, 0.1) is 12.2 Å². The Kier molecular flexibility index (Phi) is 2.81. The highest BCUT2D eigenvalue weighted by molar-refractivity contribution is 5.91. The zero-order chi connectivity index (χ0) is 12.7. The molecule has 2 fully saturated rings. The monoisotopic (exact) mass is 249 g/mol. The number of hydrogen-bond donors (Lipinski definition) is 1. The van der Waals surface area contributed by atoms with Crippen LogP contribution in [0.15, 0.2) is 6.20 Å². The van der Waals surface area contributed by atoms with Crippen LogP contribution in [0.4, 0.5) is 0 Å². The van der Waals surface area contributed by atoms with Crippen molar-refractivity contribution >= 4 is 5.91 Å². The molecule has 1 amide bonds. The molecule has 6 heteroatoms. The Morgan fingerprint density at radius 3 is 2.89 bits per heavy atom. The van der Waals surface area contributed by atoms with E-state index in [2.05, 4.69) is 22.6 Å². The second kappa shape index (κ2) is 4.35. The Morgan fingerprint density at radius 2 is 2.33 bits per heavy atom. The molecule has 1 N–H and O–H groups in total. The summed E-state index contributed by atoms with van der Waals surface area (Å²) in [5.74, 6) is 1.41. The van der Waals surface area contributed by atoms with Gasteiger partial charge in [-0.2, -0.15) is 0 Å². The number of hydrogen-bond acceptors (Lipinski definition) is 4. The summed E-state index contributed by atoms with van der Waals surface area (Å²) in [6, 6.07) is 0.354. The van der Waals surface area contributed by atoms with Gasteiger partial charge in [0.15, 0.2) is 5.69 Å². The van der Waals surface area contributed by atoms with Gasteiger partial charge < -0.3 is 10.2 Å². The highest BCUT2D eigenvalue weighted by Crippen LogP contribution is 2.38. The summed E-state index contributed by atoms with van der Waals surface area (Å²) in [6.07, 6.45) is 3.00. The number of aromatic nitrogens is 3. The first-order valence-electron chi connectivity index (χ1n) is 6.53. The maximum absolute atomic E-state index is 12.2. The van der Waals surface area contributed by atoms with Crippen LogP contribution in [0.1, 0.15) is 29.9 Å². The Hall–Kier alpha value is -1.43. The third-order valence-corrected chi connectivity index (χ3v) is 3.99. The van der Waals surface area contributed by atoms with Gasteiger partial charge in [-0.15, -0.1) is 5.10 Å². The quantitative estimate of drug-likeness (QED) is 0.825. The van der Waals surface area contributed by atoms with Crippen molar-refractivity contribution in [1.29, 1.82) is 0 Å². The molecule has 1 aliphatic carbocycles. The van der Waals surface area contributed by atoms with Crippen LogP contribution in [-0.4, -0.2) is 52.5 Å². The highest BCUT2D eigenvalue weighted by atomic mass is 16.2. The first kappa shape index (κ1) is 11.6. The second-order valence-corrected chi connectivity index (χ2v) is 5.55. The molecule has 6 nitrogen and oxygen atoms in total. The highest BCUT2D eigenvalue weighted by Gasteiger charge is 2.34. The van der Waals surface area contributed by atoms with Crippen molar-refractivity contribution in [3.8, 4) is 0 Å². The van der Waals surface area contributed by atoms with Crippen LogP contribution in [0, 0.1) is 11.8 Å². The van der Waals surface area contributed by atoms with Gasteiger partial charge >= 0.3 is 0 Å². The van der Waals surface area contributed by atoms with E-state index in [1.165, 1.54) is 6.42 Å². The van der Waals surface area contributed by atoms with Gasteiger partial charge in [0.25, 0.3) is 5.91 Å². The predicted molar refractivity (Wildman–Crippen MR) is 66.2 cm³/mol. The number of carbonyl (C=O) groups excluding carboxylic acids is 1. The van der Waals surface area contributed by atoms with Crippen molar-refractivity contribution in [3.05, 3.63) is 11.9 Å². The molecule has 18 heavy (non-hydrogen) atoms. The zero-order valence-corrected chi connectivity index (χ0v) is 10.8. The minimum atomic E-state index is -0.0207. The van der Waals surface area contributed by atoms with Crippen molar-refractivity contribution < 1.29 is 4.79 Å². The summed E-state index contributed by atoms with van der Waals surface area (Å²) >= 11 is 0. The molecule has 1 aliphatic heterocycles. The summed E-state index contributed by atoms with van der Waals surface area (Å²) in [6.45, 7) is 4.87. The fourth-order valence-corrected chi connectivity index (χ4v) is 2.30. The number of nitrogens with one attached hydrogen (secondary N) is 1. The van der Waals surface area contributed by atoms with E-state index >= 15 is 0 Å². The van der Waals surface area contributed by atoms with Gasteiger partial charge in [-0.3, -0.25) is 4.79 Å². The average Bonchev–Trinajstić information content (AvgIpc) is 2.77. The lowest BCUT2D eigenvalue weighted by Gasteiger charge is -2.26. The summed E-state index contributed by atoms with van der Waals surface area (Å²) in [5.41, 5.74) is 0.456. The molecule has 0 aromatic carbocycles. The number of amides is 1. The average molecular weight is 249 g/mol. The van der Waals surface area contributed by atoms with Gasteiger partial charge in [0.2, 0.25) is 0 Å². The molecule has 0 radical (unpaired) electrons. The molecule has 2 atom stereocenters. The fraction of sp³-hybridized carbons (Fsp3) is 0.750. The third-order valence-electron chi connectivity index (χ3n) is 3.99. The van der Waals surface area contributed by atoms with E-state index in [9.17, 15) is 4.79 Å². The summed E-state index contributed by atoms with van der Waals surface area (Å²) < 4.78 is 1.79. The van der Waals surface area contributed by atoms with E-state index < -0.39 is 0 Å².